The van der Waals surface area contributed by atoms with Crippen molar-refractivity contribution in [2.45, 2.75) is 13.8 Å². The third-order valence-electron chi connectivity index (χ3n) is 3.86. The number of ether oxygens (including phenoxy) is 1. The highest BCUT2D eigenvalue weighted by atomic mass is 32.2. The highest BCUT2D eigenvalue weighted by Crippen LogP contribution is 2.35. The number of aromatic hydroxyl groups is 2. The lowest BCUT2D eigenvalue weighted by molar-refractivity contribution is -0.122. The van der Waals surface area contributed by atoms with Crippen LogP contribution >= 0.6 is 11.8 Å². The molecule has 0 atom stereocenters. The molecule has 2 N–H and O–H groups in total. The molecule has 1 saturated heterocycles. The summed E-state index contributed by atoms with van der Waals surface area (Å²) in [5.41, 5.74) is 1.42. The molecule has 6 nitrogen and oxygen atoms in total. The second-order valence-electron chi connectivity index (χ2n) is 5.73. The number of phenols is 2. The Balaban J connectivity index is 1.91. The molecule has 27 heavy (non-hydrogen) atoms. The van der Waals surface area contributed by atoms with E-state index in [9.17, 15) is 15.0 Å². The summed E-state index contributed by atoms with van der Waals surface area (Å²) in [6.07, 6.45) is 1.76. The quantitative estimate of drug-likeness (QED) is 0.758. The molecular weight excluding hydrogens is 364 g/mol. The van der Waals surface area contributed by atoms with Crippen molar-refractivity contribution < 1.29 is 19.7 Å². The molecular formula is C20H20N2O4S. The Kier molecular flexibility index (Phi) is 5.71. The number of rotatable bonds is 5. The van der Waals surface area contributed by atoms with Crippen molar-refractivity contribution in [3.05, 3.63) is 52.9 Å². The number of benzene rings is 2. The van der Waals surface area contributed by atoms with Gasteiger partial charge in [-0.3, -0.25) is 9.69 Å². The number of aliphatic imine (C=N–C) groups is 1. The van der Waals surface area contributed by atoms with Gasteiger partial charge in [0.15, 0.2) is 16.7 Å². The topological polar surface area (TPSA) is 82.4 Å². The molecule has 140 valence electrons. The Labute approximate surface area is 161 Å². The molecule has 1 aliphatic rings. The average Bonchev–Trinajstić information content (AvgIpc) is 2.94. The summed E-state index contributed by atoms with van der Waals surface area (Å²) in [6.45, 7) is 4.67. The highest BCUT2D eigenvalue weighted by Gasteiger charge is 2.32. The summed E-state index contributed by atoms with van der Waals surface area (Å²) < 4.78 is 5.40. The van der Waals surface area contributed by atoms with E-state index in [1.165, 1.54) is 11.8 Å². The van der Waals surface area contributed by atoms with Crippen molar-refractivity contribution in [3.8, 4) is 17.2 Å². The predicted octanol–water partition coefficient (Wildman–Crippen LogP) is 4.12. The number of carbonyl (C=O) groups excluding carboxylic acids is 1. The van der Waals surface area contributed by atoms with E-state index < -0.39 is 0 Å². The maximum absolute atomic E-state index is 12.7. The molecule has 0 aliphatic carbocycles. The van der Waals surface area contributed by atoms with Crippen LogP contribution in [0.15, 0.2) is 52.4 Å². The summed E-state index contributed by atoms with van der Waals surface area (Å²) in [5, 5.41) is 19.8. The second-order valence-corrected chi connectivity index (χ2v) is 6.74. The first-order valence-corrected chi connectivity index (χ1v) is 9.38. The largest absolute Gasteiger partial charge is 0.508 e. The number of phenolic OH excluding ortho intramolecular Hbond substituents is 2. The Morgan fingerprint density at radius 3 is 2.56 bits per heavy atom. The Morgan fingerprint density at radius 1 is 1.15 bits per heavy atom. The molecule has 0 aromatic heterocycles. The first-order valence-electron chi connectivity index (χ1n) is 8.56. The molecule has 3 rings (SSSR count). The molecule has 0 radical (unpaired) electrons. The summed E-state index contributed by atoms with van der Waals surface area (Å²) >= 11 is 1.29. The van der Waals surface area contributed by atoms with Gasteiger partial charge in [0.05, 0.1) is 17.2 Å². The van der Waals surface area contributed by atoms with Crippen LogP contribution < -0.4 is 4.74 Å². The summed E-state index contributed by atoms with van der Waals surface area (Å²) in [4.78, 5) is 19.4. The van der Waals surface area contributed by atoms with Crippen LogP contribution in [0.3, 0.4) is 0 Å². The smallest absolute Gasteiger partial charge is 0.266 e. The van der Waals surface area contributed by atoms with Crippen molar-refractivity contribution >= 4 is 34.6 Å². The van der Waals surface area contributed by atoms with Crippen LogP contribution in [0.2, 0.25) is 0 Å². The number of thioether (sulfide) groups is 1. The maximum Gasteiger partial charge on any atom is 0.266 e. The van der Waals surface area contributed by atoms with Gasteiger partial charge in [0.25, 0.3) is 5.91 Å². The lowest BCUT2D eigenvalue weighted by Gasteiger charge is -2.12. The van der Waals surface area contributed by atoms with Gasteiger partial charge in [0.2, 0.25) is 0 Å². The lowest BCUT2D eigenvalue weighted by atomic mass is 10.2. The Hall–Kier alpha value is -2.93. The zero-order chi connectivity index (χ0) is 19.4. The average molecular weight is 384 g/mol. The molecule has 1 fully saturated rings. The lowest BCUT2D eigenvalue weighted by Crippen LogP contribution is -2.28. The summed E-state index contributed by atoms with van der Waals surface area (Å²) in [5.74, 6) is 0.493. The molecule has 0 unspecified atom stereocenters. The number of hydrogen-bond acceptors (Lipinski definition) is 6. The van der Waals surface area contributed by atoms with E-state index in [0.717, 1.165) is 5.56 Å². The number of nitrogens with zero attached hydrogens (tertiary/aromatic N) is 2. The van der Waals surface area contributed by atoms with Gasteiger partial charge in [-0.05, 0) is 73.6 Å². The molecule has 0 saturated carbocycles. The van der Waals surface area contributed by atoms with E-state index in [1.807, 2.05) is 13.8 Å². The van der Waals surface area contributed by atoms with Gasteiger partial charge in [0.1, 0.15) is 5.75 Å². The molecule has 1 heterocycles. The highest BCUT2D eigenvalue weighted by molar-refractivity contribution is 8.18. The van der Waals surface area contributed by atoms with E-state index in [4.69, 9.17) is 4.74 Å². The molecule has 7 heteroatoms. The fourth-order valence-electron chi connectivity index (χ4n) is 2.55. The van der Waals surface area contributed by atoms with Gasteiger partial charge in [-0.1, -0.05) is 6.07 Å². The Morgan fingerprint density at radius 2 is 1.89 bits per heavy atom. The minimum Gasteiger partial charge on any atom is -0.508 e. The van der Waals surface area contributed by atoms with E-state index in [2.05, 4.69) is 4.99 Å². The molecule has 2 aromatic carbocycles. The van der Waals surface area contributed by atoms with Crippen LogP contribution in [0.1, 0.15) is 19.4 Å². The zero-order valence-electron chi connectivity index (χ0n) is 15.0. The molecule has 1 amide bonds. The molecule has 0 bridgehead atoms. The molecule has 0 spiro atoms. The number of amides is 1. The van der Waals surface area contributed by atoms with Crippen molar-refractivity contribution in [3.63, 3.8) is 0 Å². The SMILES string of the molecule is CCOc1cc(/C=C2\SC(=Nc3ccc(O)cc3)N(CC)C2=O)ccc1O. The fourth-order valence-corrected chi connectivity index (χ4v) is 3.61. The molecule has 2 aromatic rings. The van der Waals surface area contributed by atoms with E-state index in [0.29, 0.717) is 34.7 Å². The van der Waals surface area contributed by atoms with Crippen LogP contribution in [0.5, 0.6) is 17.2 Å². The Bertz CT molecular complexity index is 907. The molecule has 1 aliphatic heterocycles. The zero-order valence-corrected chi connectivity index (χ0v) is 15.9. The predicted molar refractivity (Wildman–Crippen MR) is 107 cm³/mol. The third kappa shape index (κ3) is 4.25. The first kappa shape index (κ1) is 18.8. The van der Waals surface area contributed by atoms with Gasteiger partial charge in [-0.15, -0.1) is 0 Å². The van der Waals surface area contributed by atoms with Crippen LogP contribution in [0.4, 0.5) is 5.69 Å². The maximum atomic E-state index is 12.7. The van der Waals surface area contributed by atoms with Gasteiger partial charge in [0, 0.05) is 6.54 Å². The van der Waals surface area contributed by atoms with E-state index >= 15 is 0 Å². The number of amidine groups is 1. The standard InChI is InChI=1S/C20H20N2O4S/c1-3-22-19(25)18(12-13-5-10-16(24)17(11-13)26-4-2)27-20(22)21-14-6-8-15(23)9-7-14/h5-12,23-24H,3-4H2,1-2H3/b18-12-,21-20?. The fraction of sp³-hybridized carbons (Fsp3) is 0.200. The van der Waals surface area contributed by atoms with Crippen molar-refractivity contribution in [1.82, 2.24) is 4.90 Å². The number of carbonyl (C=O) groups is 1. The van der Waals surface area contributed by atoms with Gasteiger partial charge >= 0.3 is 0 Å². The van der Waals surface area contributed by atoms with Crippen molar-refractivity contribution in [2.75, 3.05) is 13.2 Å². The van der Waals surface area contributed by atoms with Crippen LogP contribution in [-0.2, 0) is 4.79 Å². The van der Waals surface area contributed by atoms with Crippen LogP contribution in [0, 0.1) is 0 Å². The minimum atomic E-state index is -0.119. The van der Waals surface area contributed by atoms with Crippen LogP contribution in [-0.4, -0.2) is 39.3 Å². The number of hydrogen-bond donors (Lipinski definition) is 2. The second kappa shape index (κ2) is 8.18. The van der Waals surface area contributed by atoms with Gasteiger partial charge in [-0.25, -0.2) is 4.99 Å². The monoisotopic (exact) mass is 384 g/mol. The van der Waals surface area contributed by atoms with E-state index in [-0.39, 0.29) is 17.4 Å². The number of likely N-dealkylation sites (N-methyl/N-ethyl adjacent to an activating group) is 1. The van der Waals surface area contributed by atoms with Gasteiger partial charge in [-0.2, -0.15) is 0 Å². The van der Waals surface area contributed by atoms with Crippen molar-refractivity contribution in [2.24, 2.45) is 4.99 Å². The van der Waals surface area contributed by atoms with Gasteiger partial charge < -0.3 is 14.9 Å². The first-order chi connectivity index (χ1) is 13.0. The normalized spacial score (nSPS) is 17.1. The van der Waals surface area contributed by atoms with Crippen molar-refractivity contribution in [1.29, 1.82) is 0 Å². The third-order valence-corrected chi connectivity index (χ3v) is 4.87. The summed E-state index contributed by atoms with van der Waals surface area (Å²) in [7, 11) is 0. The van der Waals surface area contributed by atoms with Crippen LogP contribution in [0.25, 0.3) is 6.08 Å². The minimum absolute atomic E-state index is 0.0640. The summed E-state index contributed by atoms with van der Waals surface area (Å²) in [6, 6.07) is 11.5. The van der Waals surface area contributed by atoms with E-state index in [1.54, 1.807) is 53.4 Å².